The van der Waals surface area contributed by atoms with Crippen molar-refractivity contribution in [3.05, 3.63) is 0 Å². The lowest BCUT2D eigenvalue weighted by molar-refractivity contribution is -0.152. The minimum absolute atomic E-state index is 0.0926. The highest BCUT2D eigenvalue weighted by molar-refractivity contribution is 5.83. The highest BCUT2D eigenvalue weighted by atomic mass is 16.4. The molecule has 2 aliphatic rings. The van der Waals surface area contributed by atoms with Crippen molar-refractivity contribution in [2.45, 2.75) is 31.2 Å². The van der Waals surface area contributed by atoms with Gasteiger partial charge < -0.3 is 10.0 Å². The van der Waals surface area contributed by atoms with Crippen LogP contribution >= 0.6 is 0 Å². The molecular weight excluding hydrogens is 170 g/mol. The van der Waals surface area contributed by atoms with E-state index in [1.165, 1.54) is 0 Å². The van der Waals surface area contributed by atoms with Gasteiger partial charge in [0.15, 0.2) is 0 Å². The smallest absolute Gasteiger partial charge is 0.308 e. The SMILES string of the molecule is CN1C(=O)CCC(C(=O)O)C12CC2. The van der Waals surface area contributed by atoms with Gasteiger partial charge in [0, 0.05) is 13.5 Å². The molecule has 0 aromatic heterocycles. The number of aliphatic carboxylic acids is 1. The second-order valence-electron chi connectivity index (χ2n) is 3.99. The highest BCUT2D eigenvalue weighted by Crippen LogP contribution is 2.51. The van der Waals surface area contributed by atoms with Gasteiger partial charge in [-0.15, -0.1) is 0 Å². The first-order valence-electron chi connectivity index (χ1n) is 4.57. The maximum absolute atomic E-state index is 11.4. The van der Waals surface area contributed by atoms with Crippen LogP contribution in [0.4, 0.5) is 0 Å². The summed E-state index contributed by atoms with van der Waals surface area (Å²) in [6, 6.07) is 0. The summed E-state index contributed by atoms with van der Waals surface area (Å²) in [6.45, 7) is 0. The minimum atomic E-state index is -0.753. The van der Waals surface area contributed by atoms with E-state index in [1.54, 1.807) is 11.9 Å². The first-order chi connectivity index (χ1) is 6.08. The molecule has 4 heteroatoms. The Balaban J connectivity index is 2.24. The van der Waals surface area contributed by atoms with Crippen molar-refractivity contribution < 1.29 is 14.7 Å². The predicted octanol–water partition coefficient (Wildman–Crippen LogP) is 0.472. The molecule has 0 aromatic carbocycles. The molecule has 1 N–H and O–H groups in total. The van der Waals surface area contributed by atoms with Gasteiger partial charge in [0.05, 0.1) is 11.5 Å². The van der Waals surface area contributed by atoms with E-state index < -0.39 is 5.97 Å². The van der Waals surface area contributed by atoms with Gasteiger partial charge in [-0.05, 0) is 19.3 Å². The molecule has 1 aliphatic carbocycles. The molecule has 2 rings (SSSR count). The monoisotopic (exact) mass is 183 g/mol. The van der Waals surface area contributed by atoms with Gasteiger partial charge in [-0.1, -0.05) is 0 Å². The van der Waals surface area contributed by atoms with Crippen LogP contribution in [0.15, 0.2) is 0 Å². The standard InChI is InChI=1S/C9H13NO3/c1-10-7(11)3-2-6(8(12)13)9(10)4-5-9/h6H,2-5H2,1H3,(H,12,13). The molecule has 13 heavy (non-hydrogen) atoms. The molecule has 4 nitrogen and oxygen atoms in total. The Morgan fingerprint density at radius 3 is 2.69 bits per heavy atom. The molecule has 0 radical (unpaired) electrons. The quantitative estimate of drug-likeness (QED) is 0.643. The summed E-state index contributed by atoms with van der Waals surface area (Å²) in [7, 11) is 1.73. The molecule has 1 spiro atoms. The van der Waals surface area contributed by atoms with E-state index in [0.29, 0.717) is 12.8 Å². The molecular formula is C9H13NO3. The van der Waals surface area contributed by atoms with E-state index in [-0.39, 0.29) is 17.4 Å². The van der Waals surface area contributed by atoms with Crippen molar-refractivity contribution in [3.8, 4) is 0 Å². The van der Waals surface area contributed by atoms with Gasteiger partial charge in [-0.2, -0.15) is 0 Å². The van der Waals surface area contributed by atoms with Crippen LogP contribution < -0.4 is 0 Å². The van der Waals surface area contributed by atoms with Crippen LogP contribution in [0, 0.1) is 5.92 Å². The highest BCUT2D eigenvalue weighted by Gasteiger charge is 2.58. The van der Waals surface area contributed by atoms with Crippen molar-refractivity contribution in [2.75, 3.05) is 7.05 Å². The number of carbonyl (C=O) groups is 2. The maximum Gasteiger partial charge on any atom is 0.308 e. The molecule has 1 unspecified atom stereocenters. The second kappa shape index (κ2) is 2.47. The molecule has 72 valence electrons. The van der Waals surface area contributed by atoms with Gasteiger partial charge in [0.2, 0.25) is 5.91 Å². The molecule has 0 aromatic rings. The van der Waals surface area contributed by atoms with E-state index in [1.807, 2.05) is 0 Å². The predicted molar refractivity (Wildman–Crippen MR) is 45.1 cm³/mol. The number of piperidine rings is 1. The van der Waals surface area contributed by atoms with Crippen LogP contribution in [0.5, 0.6) is 0 Å². The zero-order chi connectivity index (χ0) is 9.64. The molecule has 2 fully saturated rings. The zero-order valence-corrected chi connectivity index (χ0v) is 7.62. The molecule has 1 saturated heterocycles. The molecule has 1 saturated carbocycles. The Hall–Kier alpha value is -1.06. The first-order valence-corrected chi connectivity index (χ1v) is 4.57. The van der Waals surface area contributed by atoms with Gasteiger partial charge in [-0.3, -0.25) is 9.59 Å². The van der Waals surface area contributed by atoms with Crippen LogP contribution in [0.2, 0.25) is 0 Å². The Labute approximate surface area is 76.5 Å². The molecule has 1 atom stereocenters. The number of hydrogen-bond donors (Lipinski definition) is 1. The summed E-state index contributed by atoms with van der Waals surface area (Å²) in [6.07, 6.45) is 2.60. The maximum atomic E-state index is 11.4. The van der Waals surface area contributed by atoms with Crippen LogP contribution in [-0.4, -0.2) is 34.5 Å². The van der Waals surface area contributed by atoms with Crippen LogP contribution in [-0.2, 0) is 9.59 Å². The van der Waals surface area contributed by atoms with Crippen LogP contribution in [0.1, 0.15) is 25.7 Å². The average Bonchev–Trinajstić information content (AvgIpc) is 2.82. The van der Waals surface area contributed by atoms with Gasteiger partial charge in [-0.25, -0.2) is 0 Å². The summed E-state index contributed by atoms with van der Waals surface area (Å²) < 4.78 is 0. The number of carboxylic acids is 1. The van der Waals surface area contributed by atoms with Crippen molar-refractivity contribution in [1.29, 1.82) is 0 Å². The number of carboxylic acid groups (broad SMARTS) is 1. The lowest BCUT2D eigenvalue weighted by Gasteiger charge is -2.37. The van der Waals surface area contributed by atoms with Crippen molar-refractivity contribution >= 4 is 11.9 Å². The van der Waals surface area contributed by atoms with Gasteiger partial charge in [0.25, 0.3) is 0 Å². The van der Waals surface area contributed by atoms with E-state index in [2.05, 4.69) is 0 Å². The molecule has 1 aliphatic heterocycles. The third-order valence-corrected chi connectivity index (χ3v) is 3.40. The number of nitrogens with zero attached hydrogens (tertiary/aromatic N) is 1. The average molecular weight is 183 g/mol. The Morgan fingerprint density at radius 2 is 2.23 bits per heavy atom. The summed E-state index contributed by atoms with van der Waals surface area (Å²) in [4.78, 5) is 23.9. The summed E-state index contributed by atoms with van der Waals surface area (Å²) in [5, 5.41) is 8.98. The third kappa shape index (κ3) is 1.04. The zero-order valence-electron chi connectivity index (χ0n) is 7.62. The summed E-state index contributed by atoms with van der Waals surface area (Å²) in [5.74, 6) is -0.998. The van der Waals surface area contributed by atoms with Gasteiger partial charge in [0.1, 0.15) is 0 Å². The number of amides is 1. The Bertz CT molecular complexity index is 270. The van der Waals surface area contributed by atoms with Crippen molar-refractivity contribution in [2.24, 2.45) is 5.92 Å². The number of likely N-dealkylation sites (tertiary alicyclic amines) is 1. The Morgan fingerprint density at radius 1 is 1.62 bits per heavy atom. The van der Waals surface area contributed by atoms with Crippen LogP contribution in [0.25, 0.3) is 0 Å². The largest absolute Gasteiger partial charge is 0.481 e. The van der Waals surface area contributed by atoms with Gasteiger partial charge >= 0.3 is 5.97 Å². The number of carbonyl (C=O) groups excluding carboxylic acids is 1. The fraction of sp³-hybridized carbons (Fsp3) is 0.778. The van der Waals surface area contributed by atoms with Crippen molar-refractivity contribution in [1.82, 2.24) is 4.90 Å². The Kier molecular flexibility index (Phi) is 1.62. The summed E-state index contributed by atoms with van der Waals surface area (Å²) >= 11 is 0. The summed E-state index contributed by atoms with van der Waals surface area (Å²) in [5.41, 5.74) is -0.318. The van der Waals surface area contributed by atoms with E-state index >= 15 is 0 Å². The van der Waals surface area contributed by atoms with E-state index in [4.69, 9.17) is 5.11 Å². The van der Waals surface area contributed by atoms with E-state index in [9.17, 15) is 9.59 Å². The number of rotatable bonds is 1. The lowest BCUT2D eigenvalue weighted by atomic mass is 9.87. The topological polar surface area (TPSA) is 57.6 Å². The van der Waals surface area contributed by atoms with Crippen LogP contribution in [0.3, 0.4) is 0 Å². The first kappa shape index (κ1) is 8.53. The third-order valence-electron chi connectivity index (χ3n) is 3.40. The number of hydrogen-bond acceptors (Lipinski definition) is 2. The fourth-order valence-electron chi connectivity index (χ4n) is 2.35. The molecule has 1 amide bonds. The molecule has 0 bridgehead atoms. The normalized spacial score (nSPS) is 30.7. The van der Waals surface area contributed by atoms with Crippen molar-refractivity contribution in [3.63, 3.8) is 0 Å². The minimum Gasteiger partial charge on any atom is -0.481 e. The fourth-order valence-corrected chi connectivity index (χ4v) is 2.35. The van der Waals surface area contributed by atoms with E-state index in [0.717, 1.165) is 12.8 Å². The molecule has 1 heterocycles. The second-order valence-corrected chi connectivity index (χ2v) is 3.99. The lowest BCUT2D eigenvalue weighted by Crippen LogP contribution is -2.50.